The molecule has 0 radical (unpaired) electrons. The third kappa shape index (κ3) is 6.19. The number of unbranched alkanes of at least 4 members (excludes halogenated alkanes) is 1. The van der Waals surface area contributed by atoms with Gasteiger partial charge in [-0.2, -0.15) is 0 Å². The average molecular weight is 201 g/mol. The molecule has 0 aliphatic carbocycles. The van der Waals surface area contributed by atoms with E-state index < -0.39 is 11.9 Å². The van der Waals surface area contributed by atoms with Crippen molar-refractivity contribution in [3.8, 4) is 0 Å². The molecule has 0 rings (SSSR count). The van der Waals surface area contributed by atoms with Crippen molar-refractivity contribution in [3.63, 3.8) is 0 Å². The Morgan fingerprint density at radius 3 is 2.50 bits per heavy atom. The highest BCUT2D eigenvalue weighted by Gasteiger charge is 2.05. The summed E-state index contributed by atoms with van der Waals surface area (Å²) < 4.78 is 4.66. The molecule has 0 aromatic carbocycles. The number of ether oxygens (including phenoxy) is 1. The van der Waals surface area contributed by atoms with Crippen molar-refractivity contribution in [1.29, 1.82) is 0 Å². The summed E-state index contributed by atoms with van der Waals surface area (Å²) in [5.41, 5.74) is -0.294. The van der Waals surface area contributed by atoms with Gasteiger partial charge in [0, 0.05) is 6.61 Å². The van der Waals surface area contributed by atoms with Gasteiger partial charge in [-0.25, -0.2) is 0 Å². The van der Waals surface area contributed by atoms with Gasteiger partial charge in [-0.1, -0.05) is 6.58 Å². The fraction of sp³-hybridized carbons (Fsp3) is 0.556. The lowest BCUT2D eigenvalue weighted by Gasteiger charge is -2.06. The molecule has 0 aromatic rings. The smallest absolute Gasteiger partial charge is 0.310 e. The predicted molar refractivity (Wildman–Crippen MR) is 46.0 cm³/mol. The fourth-order valence-corrected chi connectivity index (χ4v) is 0.697. The molecule has 0 aromatic heterocycles. The van der Waals surface area contributed by atoms with E-state index in [9.17, 15) is 14.7 Å². The molecule has 0 atom stereocenters. The molecular formula is C9H13O5-. The first-order valence-corrected chi connectivity index (χ1v) is 4.23. The highest BCUT2D eigenvalue weighted by atomic mass is 16.5. The Kier molecular flexibility index (Phi) is 6.39. The summed E-state index contributed by atoms with van der Waals surface area (Å²) in [5.74, 6) is -2.09. The van der Waals surface area contributed by atoms with E-state index in [1.165, 1.54) is 0 Å². The van der Waals surface area contributed by atoms with Crippen molar-refractivity contribution >= 4 is 11.9 Å². The number of carbonyl (C=O) groups is 2. The number of carboxylic acid groups (broad SMARTS) is 1. The van der Waals surface area contributed by atoms with Crippen molar-refractivity contribution in [2.24, 2.45) is 0 Å². The van der Waals surface area contributed by atoms with E-state index in [0.717, 1.165) is 0 Å². The molecule has 5 nitrogen and oxygen atoms in total. The summed E-state index contributed by atoms with van der Waals surface area (Å²) >= 11 is 0. The minimum Gasteiger partial charge on any atom is -0.545 e. The molecule has 5 heteroatoms. The zero-order valence-corrected chi connectivity index (χ0v) is 7.82. The summed E-state index contributed by atoms with van der Waals surface area (Å²) in [5, 5.41) is 18.6. The molecule has 0 saturated carbocycles. The summed E-state index contributed by atoms with van der Waals surface area (Å²) in [6.45, 7) is 3.36. The van der Waals surface area contributed by atoms with Crippen LogP contribution >= 0.6 is 0 Å². The van der Waals surface area contributed by atoms with Crippen LogP contribution in [0.4, 0.5) is 0 Å². The van der Waals surface area contributed by atoms with Crippen molar-refractivity contribution in [1.82, 2.24) is 0 Å². The van der Waals surface area contributed by atoms with Crippen LogP contribution in [0.5, 0.6) is 0 Å². The van der Waals surface area contributed by atoms with Crippen molar-refractivity contribution in [2.45, 2.75) is 19.3 Å². The lowest BCUT2D eigenvalue weighted by atomic mass is 10.2. The van der Waals surface area contributed by atoms with E-state index in [-0.39, 0.29) is 25.2 Å². The molecule has 0 fully saturated rings. The monoisotopic (exact) mass is 201 g/mol. The number of aliphatic carboxylic acids is 1. The van der Waals surface area contributed by atoms with E-state index in [4.69, 9.17) is 5.11 Å². The Labute approximate surface area is 82.0 Å². The van der Waals surface area contributed by atoms with Crippen molar-refractivity contribution in [2.75, 3.05) is 13.2 Å². The van der Waals surface area contributed by atoms with E-state index in [0.29, 0.717) is 12.8 Å². The molecule has 0 unspecified atom stereocenters. The normalized spacial score (nSPS) is 9.50. The van der Waals surface area contributed by atoms with Crippen molar-refractivity contribution in [3.05, 3.63) is 12.2 Å². The van der Waals surface area contributed by atoms with Crippen LogP contribution in [0.15, 0.2) is 12.2 Å². The van der Waals surface area contributed by atoms with E-state index in [1.54, 1.807) is 0 Å². The first-order valence-electron chi connectivity index (χ1n) is 4.23. The number of carbonyl (C=O) groups excluding carboxylic acids is 2. The molecule has 0 saturated heterocycles. The number of hydrogen-bond donors (Lipinski definition) is 1. The zero-order valence-electron chi connectivity index (χ0n) is 7.82. The number of hydrogen-bond acceptors (Lipinski definition) is 5. The zero-order chi connectivity index (χ0) is 11.0. The fourth-order valence-electron chi connectivity index (χ4n) is 0.697. The maximum absolute atomic E-state index is 10.9. The Balaban J connectivity index is 3.56. The maximum atomic E-state index is 10.9. The van der Waals surface area contributed by atoms with Gasteiger partial charge in [0.1, 0.15) is 0 Å². The number of aliphatic hydroxyl groups excluding tert-OH is 1. The van der Waals surface area contributed by atoms with E-state index >= 15 is 0 Å². The average Bonchev–Trinajstić information content (AvgIpc) is 2.12. The SMILES string of the molecule is C=C(CC(=O)OCCCCO)C(=O)[O-]. The number of carboxylic acids is 1. The Morgan fingerprint density at radius 1 is 1.36 bits per heavy atom. The van der Waals surface area contributed by atoms with Crippen LogP contribution in [0.1, 0.15) is 19.3 Å². The maximum Gasteiger partial charge on any atom is 0.310 e. The van der Waals surface area contributed by atoms with Gasteiger partial charge >= 0.3 is 5.97 Å². The summed E-state index contributed by atoms with van der Waals surface area (Å²) in [6, 6.07) is 0. The Hall–Kier alpha value is -1.36. The molecule has 0 heterocycles. The quantitative estimate of drug-likeness (QED) is 0.324. The van der Waals surface area contributed by atoms with Gasteiger partial charge in [0.05, 0.1) is 19.0 Å². The van der Waals surface area contributed by atoms with Gasteiger partial charge < -0.3 is 19.7 Å². The molecule has 0 aliphatic rings. The van der Waals surface area contributed by atoms with Gasteiger partial charge in [-0.05, 0) is 18.4 Å². The second kappa shape index (κ2) is 7.08. The standard InChI is InChI=1S/C9H14O5/c1-7(9(12)13)6-8(11)14-5-3-2-4-10/h10H,1-6H2,(H,12,13)/p-1. The van der Waals surface area contributed by atoms with Crippen molar-refractivity contribution < 1.29 is 24.5 Å². The first-order chi connectivity index (χ1) is 6.57. The molecule has 0 amide bonds. The minimum atomic E-state index is -1.45. The van der Waals surface area contributed by atoms with Crippen LogP contribution in [-0.4, -0.2) is 30.3 Å². The van der Waals surface area contributed by atoms with Gasteiger partial charge in [-0.3, -0.25) is 4.79 Å². The summed E-state index contributed by atoms with van der Waals surface area (Å²) in [6.07, 6.45) is 0.746. The minimum absolute atomic E-state index is 0.0449. The molecule has 0 aliphatic heterocycles. The van der Waals surface area contributed by atoms with Crippen LogP contribution in [0.3, 0.4) is 0 Å². The highest BCUT2D eigenvalue weighted by molar-refractivity contribution is 5.90. The number of esters is 1. The van der Waals surface area contributed by atoms with Gasteiger partial charge in [0.2, 0.25) is 0 Å². The third-order valence-electron chi connectivity index (χ3n) is 1.46. The Bertz CT molecular complexity index is 221. The predicted octanol–water partition coefficient (Wildman–Crippen LogP) is -1.00. The highest BCUT2D eigenvalue weighted by Crippen LogP contribution is 1.99. The molecule has 14 heavy (non-hydrogen) atoms. The molecule has 1 N–H and O–H groups in total. The Morgan fingerprint density at radius 2 is 2.00 bits per heavy atom. The largest absolute Gasteiger partial charge is 0.545 e. The van der Waals surface area contributed by atoms with E-state index in [1.807, 2.05) is 0 Å². The summed E-state index contributed by atoms with van der Waals surface area (Å²) in [4.78, 5) is 21.0. The lowest BCUT2D eigenvalue weighted by molar-refractivity contribution is -0.299. The number of aliphatic hydroxyl groups is 1. The van der Waals surface area contributed by atoms with Gasteiger partial charge in [0.15, 0.2) is 0 Å². The van der Waals surface area contributed by atoms with Gasteiger partial charge in [0.25, 0.3) is 0 Å². The second-order valence-corrected chi connectivity index (χ2v) is 2.72. The van der Waals surface area contributed by atoms with E-state index in [2.05, 4.69) is 11.3 Å². The van der Waals surface area contributed by atoms with Crippen LogP contribution in [0, 0.1) is 0 Å². The van der Waals surface area contributed by atoms with Crippen LogP contribution in [0.2, 0.25) is 0 Å². The molecular weight excluding hydrogens is 188 g/mol. The topological polar surface area (TPSA) is 86.7 Å². The second-order valence-electron chi connectivity index (χ2n) is 2.72. The van der Waals surface area contributed by atoms with Gasteiger partial charge in [-0.15, -0.1) is 0 Å². The lowest BCUT2D eigenvalue weighted by Crippen LogP contribution is -2.25. The van der Waals surface area contributed by atoms with Crippen LogP contribution in [0.25, 0.3) is 0 Å². The van der Waals surface area contributed by atoms with Crippen LogP contribution in [-0.2, 0) is 14.3 Å². The molecule has 80 valence electrons. The van der Waals surface area contributed by atoms with Crippen LogP contribution < -0.4 is 5.11 Å². The molecule has 0 spiro atoms. The third-order valence-corrected chi connectivity index (χ3v) is 1.46. The first kappa shape index (κ1) is 12.6. The molecule has 0 bridgehead atoms. The number of rotatable bonds is 7. The summed E-state index contributed by atoms with van der Waals surface area (Å²) in [7, 11) is 0.